The Kier molecular flexibility index (Phi) is 4.54. The Hall–Kier alpha value is -1.34. The van der Waals surface area contributed by atoms with Crippen molar-refractivity contribution < 1.29 is 4.79 Å². The normalized spacial score (nSPS) is 18.7. The van der Waals surface area contributed by atoms with Crippen molar-refractivity contribution in [3.8, 4) is 0 Å². The molecule has 1 aromatic heterocycles. The van der Waals surface area contributed by atoms with E-state index >= 15 is 0 Å². The van der Waals surface area contributed by atoms with Gasteiger partial charge < -0.3 is 0 Å². The Bertz CT molecular complexity index is 767. The number of hydrogen-bond donors (Lipinski definition) is 0. The minimum atomic E-state index is -0.142. The minimum Gasteiger partial charge on any atom is -0.289 e. The van der Waals surface area contributed by atoms with Gasteiger partial charge in [-0.2, -0.15) is 4.99 Å². The van der Waals surface area contributed by atoms with Gasteiger partial charge in [-0.05, 0) is 30.0 Å². The summed E-state index contributed by atoms with van der Waals surface area (Å²) < 4.78 is 0. The number of halogens is 2. The van der Waals surface area contributed by atoms with Crippen LogP contribution in [0.1, 0.15) is 5.56 Å². The summed E-state index contributed by atoms with van der Waals surface area (Å²) in [5, 5.41) is 4.03. The maximum atomic E-state index is 12.3. The molecule has 0 bridgehead atoms. The van der Waals surface area contributed by atoms with Crippen molar-refractivity contribution in [1.82, 2.24) is 9.88 Å². The van der Waals surface area contributed by atoms with Crippen LogP contribution in [0, 0.1) is 0 Å². The largest absolute Gasteiger partial charge is 0.289 e. The molecule has 2 heterocycles. The lowest BCUT2D eigenvalue weighted by Gasteiger charge is -2.05. The second kappa shape index (κ2) is 6.42. The molecular formula is C14H9Cl2N3OS2. The molecule has 0 atom stereocenters. The molecule has 1 aliphatic rings. The first kappa shape index (κ1) is 15.6. The Morgan fingerprint density at radius 1 is 1.32 bits per heavy atom. The lowest BCUT2D eigenvalue weighted by Crippen LogP contribution is -2.23. The van der Waals surface area contributed by atoms with E-state index in [9.17, 15) is 4.79 Å². The van der Waals surface area contributed by atoms with E-state index in [1.165, 1.54) is 28.0 Å². The first-order valence-corrected chi connectivity index (χ1v) is 8.61. The molecule has 0 aliphatic carbocycles. The molecule has 0 saturated carbocycles. The number of likely N-dealkylation sites (N-methyl/N-ethyl adjacent to an activating group) is 1. The SMILES string of the molecule is CN1C(=O)/C(=C/c2c(Cl)cccc2Cl)S/C1=N/c1nccs1. The molecule has 1 aromatic carbocycles. The number of benzene rings is 1. The summed E-state index contributed by atoms with van der Waals surface area (Å²) in [5.41, 5.74) is 0.630. The minimum absolute atomic E-state index is 0.142. The van der Waals surface area contributed by atoms with Crippen molar-refractivity contribution in [2.45, 2.75) is 0 Å². The van der Waals surface area contributed by atoms with Gasteiger partial charge in [0.1, 0.15) is 0 Å². The number of amidine groups is 1. The Morgan fingerprint density at radius 3 is 2.68 bits per heavy atom. The first-order valence-electron chi connectivity index (χ1n) is 6.16. The Morgan fingerprint density at radius 2 is 2.05 bits per heavy atom. The highest BCUT2D eigenvalue weighted by Crippen LogP contribution is 2.36. The second-order valence-corrected chi connectivity index (χ2v) is 7.02. The van der Waals surface area contributed by atoms with Crippen molar-refractivity contribution >= 4 is 68.6 Å². The van der Waals surface area contributed by atoms with Gasteiger partial charge in [0.25, 0.3) is 5.91 Å². The summed E-state index contributed by atoms with van der Waals surface area (Å²) >= 11 is 15.0. The average Bonchev–Trinajstić information content (AvgIpc) is 3.08. The van der Waals surface area contributed by atoms with Crippen LogP contribution in [0.25, 0.3) is 6.08 Å². The molecular weight excluding hydrogens is 361 g/mol. The van der Waals surface area contributed by atoms with Gasteiger partial charge in [0.15, 0.2) is 5.17 Å². The van der Waals surface area contributed by atoms with Crippen LogP contribution in [0.2, 0.25) is 10.0 Å². The zero-order valence-corrected chi connectivity index (χ0v) is 14.4. The molecule has 0 unspecified atom stereocenters. The molecule has 4 nitrogen and oxygen atoms in total. The standard InChI is InChI=1S/C14H9Cl2N3OS2/c1-19-12(20)11(7-8-9(15)3-2-4-10(8)16)22-14(19)18-13-17-5-6-21-13/h2-7H,1H3/b11-7-,18-14+. The van der Waals surface area contributed by atoms with Gasteiger partial charge in [-0.15, -0.1) is 11.3 Å². The lowest BCUT2D eigenvalue weighted by molar-refractivity contribution is -0.121. The van der Waals surface area contributed by atoms with Crippen molar-refractivity contribution in [2.75, 3.05) is 7.05 Å². The summed E-state index contributed by atoms with van der Waals surface area (Å²) in [5.74, 6) is -0.142. The molecule has 2 aromatic rings. The fourth-order valence-corrected chi connectivity index (χ4v) is 3.80. The third-order valence-corrected chi connectivity index (χ3v) is 5.27. The molecule has 22 heavy (non-hydrogen) atoms. The van der Waals surface area contributed by atoms with Crippen LogP contribution >= 0.6 is 46.3 Å². The van der Waals surface area contributed by atoms with E-state index in [1.807, 2.05) is 5.38 Å². The van der Waals surface area contributed by atoms with E-state index < -0.39 is 0 Å². The molecule has 0 spiro atoms. The van der Waals surface area contributed by atoms with Crippen molar-refractivity contribution in [1.29, 1.82) is 0 Å². The number of nitrogens with zero attached hydrogens (tertiary/aromatic N) is 3. The summed E-state index contributed by atoms with van der Waals surface area (Å²) in [6.45, 7) is 0. The van der Waals surface area contributed by atoms with Gasteiger partial charge in [0.05, 0.1) is 4.91 Å². The monoisotopic (exact) mass is 369 g/mol. The second-order valence-electron chi connectivity index (χ2n) is 4.32. The average molecular weight is 370 g/mol. The molecule has 1 fully saturated rings. The van der Waals surface area contributed by atoms with Crippen molar-refractivity contribution in [2.24, 2.45) is 4.99 Å². The predicted octanol–water partition coefficient (Wildman–Crippen LogP) is 4.68. The molecule has 8 heteroatoms. The van der Waals surface area contributed by atoms with Crippen LogP contribution in [-0.4, -0.2) is 28.0 Å². The first-order chi connectivity index (χ1) is 10.6. The van der Waals surface area contributed by atoms with Crippen LogP contribution in [0.15, 0.2) is 39.7 Å². The topological polar surface area (TPSA) is 45.6 Å². The maximum Gasteiger partial charge on any atom is 0.266 e. The van der Waals surface area contributed by atoms with Crippen molar-refractivity contribution in [3.63, 3.8) is 0 Å². The van der Waals surface area contributed by atoms with E-state index in [1.54, 1.807) is 37.5 Å². The van der Waals surface area contributed by atoms with Crippen LogP contribution in [0.3, 0.4) is 0 Å². The van der Waals surface area contributed by atoms with Gasteiger partial charge in [-0.25, -0.2) is 4.98 Å². The number of rotatable bonds is 2. The molecule has 3 rings (SSSR count). The lowest BCUT2D eigenvalue weighted by atomic mass is 10.2. The third kappa shape index (κ3) is 3.05. The molecule has 0 N–H and O–H groups in total. The number of carbonyl (C=O) groups is 1. The van der Waals surface area contributed by atoms with Crippen LogP contribution in [0.4, 0.5) is 5.13 Å². The molecule has 1 amide bonds. The number of thioether (sulfide) groups is 1. The van der Waals surface area contributed by atoms with Crippen LogP contribution in [0.5, 0.6) is 0 Å². The maximum absolute atomic E-state index is 12.3. The van der Waals surface area contributed by atoms with Gasteiger partial charge >= 0.3 is 0 Å². The smallest absolute Gasteiger partial charge is 0.266 e. The number of thiazole rings is 1. The van der Waals surface area contributed by atoms with E-state index in [-0.39, 0.29) is 5.91 Å². The number of hydrogen-bond acceptors (Lipinski definition) is 5. The van der Waals surface area contributed by atoms with E-state index in [0.717, 1.165) is 0 Å². The predicted molar refractivity (Wildman–Crippen MR) is 94.0 cm³/mol. The van der Waals surface area contributed by atoms with E-state index in [4.69, 9.17) is 23.2 Å². The van der Waals surface area contributed by atoms with Gasteiger partial charge in [-0.3, -0.25) is 9.69 Å². The number of aliphatic imine (C=N–C) groups is 1. The van der Waals surface area contributed by atoms with E-state index in [2.05, 4.69) is 9.98 Å². The van der Waals surface area contributed by atoms with E-state index in [0.29, 0.717) is 30.8 Å². The number of amides is 1. The summed E-state index contributed by atoms with van der Waals surface area (Å²) in [4.78, 5) is 22.8. The molecule has 0 radical (unpaired) electrons. The fourth-order valence-electron chi connectivity index (χ4n) is 1.78. The summed E-state index contributed by atoms with van der Waals surface area (Å²) in [6.07, 6.45) is 3.37. The zero-order chi connectivity index (χ0) is 15.7. The van der Waals surface area contributed by atoms with Crippen LogP contribution in [-0.2, 0) is 4.79 Å². The highest BCUT2D eigenvalue weighted by Gasteiger charge is 2.31. The summed E-state index contributed by atoms with van der Waals surface area (Å²) in [6, 6.07) is 5.23. The zero-order valence-electron chi connectivity index (χ0n) is 11.3. The van der Waals surface area contributed by atoms with Crippen LogP contribution < -0.4 is 0 Å². The molecule has 112 valence electrons. The van der Waals surface area contributed by atoms with Gasteiger partial charge in [0.2, 0.25) is 5.13 Å². The Labute approximate surface area is 145 Å². The quantitative estimate of drug-likeness (QED) is 0.721. The highest BCUT2D eigenvalue weighted by molar-refractivity contribution is 8.18. The van der Waals surface area contributed by atoms with Crippen molar-refractivity contribution in [3.05, 3.63) is 50.3 Å². The summed E-state index contributed by atoms with van der Waals surface area (Å²) in [7, 11) is 1.68. The molecule has 1 saturated heterocycles. The number of carbonyl (C=O) groups excluding carboxylic acids is 1. The molecule has 1 aliphatic heterocycles. The highest BCUT2D eigenvalue weighted by atomic mass is 35.5. The fraction of sp³-hybridized carbons (Fsp3) is 0.0714. The van der Waals surface area contributed by atoms with Gasteiger partial charge in [-0.1, -0.05) is 29.3 Å². The van der Waals surface area contributed by atoms with Gasteiger partial charge in [0, 0.05) is 34.2 Å². The number of aromatic nitrogens is 1. The third-order valence-electron chi connectivity index (χ3n) is 2.89. The Balaban J connectivity index is 1.96.